The van der Waals surface area contributed by atoms with E-state index in [0.717, 1.165) is 30.4 Å². The molecule has 1 aromatic heterocycles. The van der Waals surface area contributed by atoms with Gasteiger partial charge >= 0.3 is 0 Å². The normalized spacial score (nSPS) is 17.2. The predicted octanol–water partition coefficient (Wildman–Crippen LogP) is 2.04. The molecule has 0 radical (unpaired) electrons. The van der Waals surface area contributed by atoms with Gasteiger partial charge in [-0.25, -0.2) is 13.1 Å². The van der Waals surface area contributed by atoms with Crippen molar-refractivity contribution in [2.75, 3.05) is 32.8 Å². The van der Waals surface area contributed by atoms with Crippen LogP contribution in [0.5, 0.6) is 0 Å². The molecule has 1 unspecified atom stereocenters. The van der Waals surface area contributed by atoms with Gasteiger partial charge in [-0.15, -0.1) is 0 Å². The maximum atomic E-state index is 12.9. The van der Waals surface area contributed by atoms with Crippen molar-refractivity contribution in [1.82, 2.24) is 18.4 Å². The lowest BCUT2D eigenvalue weighted by atomic mass is 10.1. The van der Waals surface area contributed by atoms with Crippen LogP contribution in [0.25, 0.3) is 11.0 Å². The number of aromatic nitrogens is 2. The van der Waals surface area contributed by atoms with Crippen LogP contribution in [0, 0.1) is 0 Å². The average molecular weight is 405 g/mol. The SMILES string of the molecule is O=S(=O)(NCC(c1ccccc1)N1CCOCC1)c1cccc2nsnc12. The van der Waals surface area contributed by atoms with E-state index in [9.17, 15) is 8.42 Å². The third kappa shape index (κ3) is 4.02. The molecule has 1 atom stereocenters. The number of nitrogens with zero attached hydrogens (tertiary/aromatic N) is 3. The number of sulfonamides is 1. The number of fused-ring (bicyclic) bond motifs is 1. The van der Waals surface area contributed by atoms with E-state index in [1.807, 2.05) is 30.3 Å². The molecule has 7 nitrogen and oxygen atoms in total. The molecular weight excluding hydrogens is 384 g/mol. The van der Waals surface area contributed by atoms with Gasteiger partial charge in [-0.2, -0.15) is 8.75 Å². The Kier molecular flexibility index (Phi) is 5.46. The lowest BCUT2D eigenvalue weighted by Gasteiger charge is -2.34. The van der Waals surface area contributed by atoms with Crippen molar-refractivity contribution in [3.63, 3.8) is 0 Å². The first kappa shape index (κ1) is 18.5. The summed E-state index contributed by atoms with van der Waals surface area (Å²) in [5, 5.41) is 0. The van der Waals surface area contributed by atoms with E-state index in [1.54, 1.807) is 18.2 Å². The molecule has 1 N–H and O–H groups in total. The number of hydrogen-bond donors (Lipinski definition) is 1. The van der Waals surface area contributed by atoms with Gasteiger partial charge in [0.25, 0.3) is 0 Å². The van der Waals surface area contributed by atoms with Crippen molar-refractivity contribution in [3.05, 3.63) is 54.1 Å². The maximum absolute atomic E-state index is 12.9. The molecule has 4 rings (SSSR count). The van der Waals surface area contributed by atoms with Crippen LogP contribution in [0.4, 0.5) is 0 Å². The first-order chi connectivity index (χ1) is 13.1. The maximum Gasteiger partial charge on any atom is 0.242 e. The molecule has 1 aliphatic heterocycles. The van der Waals surface area contributed by atoms with Gasteiger partial charge in [0.15, 0.2) is 0 Å². The molecule has 0 bridgehead atoms. The molecule has 2 aromatic carbocycles. The van der Waals surface area contributed by atoms with Crippen molar-refractivity contribution in [2.45, 2.75) is 10.9 Å². The second-order valence-electron chi connectivity index (χ2n) is 6.31. The minimum Gasteiger partial charge on any atom is -0.379 e. The fourth-order valence-electron chi connectivity index (χ4n) is 3.29. The number of nitrogens with one attached hydrogen (secondary N) is 1. The zero-order chi connectivity index (χ0) is 18.7. The number of morpholine rings is 1. The van der Waals surface area contributed by atoms with E-state index >= 15 is 0 Å². The molecular formula is C18H20N4O3S2. The Morgan fingerprint density at radius 1 is 1.07 bits per heavy atom. The zero-order valence-corrected chi connectivity index (χ0v) is 16.2. The van der Waals surface area contributed by atoms with Crippen LogP contribution in [-0.2, 0) is 14.8 Å². The van der Waals surface area contributed by atoms with Crippen LogP contribution < -0.4 is 4.72 Å². The molecule has 142 valence electrons. The van der Waals surface area contributed by atoms with E-state index in [2.05, 4.69) is 18.4 Å². The monoisotopic (exact) mass is 404 g/mol. The topological polar surface area (TPSA) is 84.4 Å². The van der Waals surface area contributed by atoms with E-state index < -0.39 is 10.0 Å². The van der Waals surface area contributed by atoms with E-state index in [0.29, 0.717) is 24.2 Å². The Balaban J connectivity index is 1.59. The molecule has 0 amide bonds. The molecule has 0 aliphatic carbocycles. The highest BCUT2D eigenvalue weighted by atomic mass is 32.2. The molecule has 0 spiro atoms. The highest BCUT2D eigenvalue weighted by Crippen LogP contribution is 2.24. The molecule has 3 aromatic rings. The lowest BCUT2D eigenvalue weighted by molar-refractivity contribution is 0.0172. The van der Waals surface area contributed by atoms with Crippen LogP contribution in [-0.4, -0.2) is 54.9 Å². The van der Waals surface area contributed by atoms with Gasteiger partial charge in [-0.1, -0.05) is 36.4 Å². The van der Waals surface area contributed by atoms with Crippen molar-refractivity contribution in [2.24, 2.45) is 0 Å². The molecule has 1 aliphatic rings. The van der Waals surface area contributed by atoms with Gasteiger partial charge in [0.05, 0.1) is 24.9 Å². The molecule has 27 heavy (non-hydrogen) atoms. The first-order valence-corrected chi connectivity index (χ1v) is 10.9. The van der Waals surface area contributed by atoms with Crippen LogP contribution in [0.2, 0.25) is 0 Å². The van der Waals surface area contributed by atoms with Gasteiger partial charge in [0.2, 0.25) is 10.0 Å². The smallest absolute Gasteiger partial charge is 0.242 e. The fourth-order valence-corrected chi connectivity index (χ4v) is 5.09. The second-order valence-corrected chi connectivity index (χ2v) is 8.58. The summed E-state index contributed by atoms with van der Waals surface area (Å²) < 4.78 is 42.4. The van der Waals surface area contributed by atoms with Crippen molar-refractivity contribution in [1.29, 1.82) is 0 Å². The number of ether oxygens (including phenoxy) is 1. The molecule has 1 saturated heterocycles. The van der Waals surface area contributed by atoms with Gasteiger partial charge < -0.3 is 4.74 Å². The molecule has 1 fully saturated rings. The minimum absolute atomic E-state index is 0.0577. The Hall–Kier alpha value is -1.91. The van der Waals surface area contributed by atoms with Gasteiger partial charge in [-0.05, 0) is 17.7 Å². The van der Waals surface area contributed by atoms with E-state index in [4.69, 9.17) is 4.74 Å². The predicted molar refractivity (Wildman–Crippen MR) is 104 cm³/mol. The lowest BCUT2D eigenvalue weighted by Crippen LogP contribution is -2.43. The highest BCUT2D eigenvalue weighted by Gasteiger charge is 2.26. The van der Waals surface area contributed by atoms with E-state index in [-0.39, 0.29) is 17.5 Å². The third-order valence-corrected chi connectivity index (χ3v) is 6.67. The second kappa shape index (κ2) is 7.99. The molecule has 2 heterocycles. The number of hydrogen-bond acceptors (Lipinski definition) is 7. The summed E-state index contributed by atoms with van der Waals surface area (Å²) in [6, 6.07) is 14.9. The molecule has 0 saturated carbocycles. The van der Waals surface area contributed by atoms with Crippen LogP contribution in [0.15, 0.2) is 53.4 Å². The van der Waals surface area contributed by atoms with Crippen LogP contribution in [0.1, 0.15) is 11.6 Å². The third-order valence-electron chi connectivity index (χ3n) is 4.68. The van der Waals surface area contributed by atoms with Crippen molar-refractivity contribution < 1.29 is 13.2 Å². The van der Waals surface area contributed by atoms with Gasteiger partial charge in [-0.3, -0.25) is 4.90 Å². The Labute approximate surface area is 162 Å². The number of benzene rings is 2. The summed E-state index contributed by atoms with van der Waals surface area (Å²) in [5.74, 6) is 0. The summed E-state index contributed by atoms with van der Waals surface area (Å²) >= 11 is 1.01. The average Bonchev–Trinajstić information content (AvgIpc) is 3.18. The summed E-state index contributed by atoms with van der Waals surface area (Å²) in [6.45, 7) is 3.12. The summed E-state index contributed by atoms with van der Waals surface area (Å²) in [4.78, 5) is 2.43. The number of rotatable bonds is 6. The zero-order valence-electron chi connectivity index (χ0n) is 14.6. The van der Waals surface area contributed by atoms with Crippen molar-refractivity contribution >= 4 is 32.8 Å². The largest absolute Gasteiger partial charge is 0.379 e. The molecule has 9 heteroatoms. The van der Waals surface area contributed by atoms with Gasteiger partial charge in [0, 0.05) is 25.7 Å². The minimum atomic E-state index is -3.70. The van der Waals surface area contributed by atoms with E-state index in [1.165, 1.54) is 0 Å². The standard InChI is InChI=1S/C18H20N4O3S2/c23-27(24,17-8-4-7-15-18(17)21-26-20-15)19-13-16(14-5-2-1-3-6-14)22-9-11-25-12-10-22/h1-8,16,19H,9-13H2. The Morgan fingerprint density at radius 2 is 1.85 bits per heavy atom. The fraction of sp³-hybridized carbons (Fsp3) is 0.333. The summed E-state index contributed by atoms with van der Waals surface area (Å²) in [6.07, 6.45) is 0. The van der Waals surface area contributed by atoms with Crippen LogP contribution >= 0.6 is 11.7 Å². The quantitative estimate of drug-likeness (QED) is 0.677. The highest BCUT2D eigenvalue weighted by molar-refractivity contribution is 7.89. The van der Waals surface area contributed by atoms with Crippen LogP contribution in [0.3, 0.4) is 0 Å². The van der Waals surface area contributed by atoms with Crippen molar-refractivity contribution in [3.8, 4) is 0 Å². The summed E-state index contributed by atoms with van der Waals surface area (Å²) in [7, 11) is -3.70. The summed E-state index contributed by atoms with van der Waals surface area (Å²) in [5.41, 5.74) is 2.09. The van der Waals surface area contributed by atoms with Gasteiger partial charge in [0.1, 0.15) is 15.9 Å². The Bertz CT molecular complexity index is 1000. The Morgan fingerprint density at radius 3 is 2.63 bits per heavy atom. The first-order valence-electron chi connectivity index (χ1n) is 8.73.